The average molecular weight is 226 g/mol. The molecule has 0 unspecified atom stereocenters. The summed E-state index contributed by atoms with van der Waals surface area (Å²) >= 11 is 0. The van der Waals surface area contributed by atoms with Gasteiger partial charge in [0.25, 0.3) is 0 Å². The summed E-state index contributed by atoms with van der Waals surface area (Å²) in [6.45, 7) is 1.04. The molecule has 0 atom stereocenters. The zero-order valence-electron chi connectivity index (χ0n) is 9.73. The Morgan fingerprint density at radius 1 is 1.18 bits per heavy atom. The Bertz CT molecular complexity index is 552. The fourth-order valence-electron chi connectivity index (χ4n) is 2.19. The fourth-order valence-corrected chi connectivity index (χ4v) is 2.19. The molecule has 2 aromatic rings. The van der Waals surface area contributed by atoms with E-state index in [2.05, 4.69) is 28.5 Å². The van der Waals surface area contributed by atoms with Gasteiger partial charge in [0.15, 0.2) is 0 Å². The van der Waals surface area contributed by atoms with Crippen LogP contribution in [0, 0.1) is 0 Å². The van der Waals surface area contributed by atoms with E-state index in [4.69, 9.17) is 4.74 Å². The molecular formula is C14H14N2O. The number of methoxy groups -OCH3 is 1. The molecule has 1 N–H and O–H groups in total. The summed E-state index contributed by atoms with van der Waals surface area (Å²) in [5.41, 5.74) is 5.01. The predicted octanol–water partition coefficient (Wildman–Crippen LogP) is 2.73. The number of hydrogen-bond donors (Lipinski definition) is 1. The number of nitrogens with zero attached hydrogens (tertiary/aromatic N) is 1. The molecule has 17 heavy (non-hydrogen) atoms. The third-order valence-electron chi connectivity index (χ3n) is 3.09. The predicted molar refractivity (Wildman–Crippen MR) is 68.4 cm³/mol. The van der Waals surface area contributed by atoms with Crippen molar-refractivity contribution in [2.24, 2.45) is 0 Å². The Morgan fingerprint density at radius 3 is 2.94 bits per heavy atom. The zero-order chi connectivity index (χ0) is 11.7. The summed E-state index contributed by atoms with van der Waals surface area (Å²) in [6.07, 6.45) is 2.88. The molecule has 1 aromatic carbocycles. The molecule has 3 rings (SSSR count). The highest BCUT2D eigenvalue weighted by Gasteiger charge is 2.10. The van der Waals surface area contributed by atoms with E-state index in [-0.39, 0.29) is 0 Å². The number of fused-ring (bicyclic) bond motifs is 1. The van der Waals surface area contributed by atoms with Gasteiger partial charge in [-0.2, -0.15) is 0 Å². The Hall–Kier alpha value is -2.03. The first-order valence-corrected chi connectivity index (χ1v) is 5.74. The van der Waals surface area contributed by atoms with Gasteiger partial charge in [0, 0.05) is 24.5 Å². The lowest BCUT2D eigenvalue weighted by molar-refractivity contribution is 0.398. The van der Waals surface area contributed by atoms with Crippen molar-refractivity contribution in [3.63, 3.8) is 0 Å². The first-order chi connectivity index (χ1) is 8.36. The SMILES string of the molecule is COc1cc(-c2ccc3c(c2)CCN3)ccn1. The van der Waals surface area contributed by atoms with Crippen LogP contribution in [0.25, 0.3) is 11.1 Å². The second-order valence-electron chi connectivity index (χ2n) is 4.14. The van der Waals surface area contributed by atoms with Gasteiger partial charge in [-0.3, -0.25) is 0 Å². The van der Waals surface area contributed by atoms with Crippen LogP contribution in [0.4, 0.5) is 5.69 Å². The zero-order valence-corrected chi connectivity index (χ0v) is 9.73. The van der Waals surface area contributed by atoms with Crippen molar-refractivity contribution in [1.29, 1.82) is 0 Å². The first-order valence-electron chi connectivity index (χ1n) is 5.74. The maximum Gasteiger partial charge on any atom is 0.213 e. The van der Waals surface area contributed by atoms with E-state index in [1.807, 2.05) is 12.1 Å². The van der Waals surface area contributed by atoms with Gasteiger partial charge in [-0.15, -0.1) is 0 Å². The van der Waals surface area contributed by atoms with Gasteiger partial charge in [-0.25, -0.2) is 4.98 Å². The molecular weight excluding hydrogens is 212 g/mol. The summed E-state index contributed by atoms with van der Waals surface area (Å²) in [6, 6.07) is 10.5. The molecule has 86 valence electrons. The van der Waals surface area contributed by atoms with Gasteiger partial charge in [-0.1, -0.05) is 6.07 Å². The molecule has 0 aliphatic carbocycles. The number of aromatic nitrogens is 1. The third kappa shape index (κ3) is 1.84. The van der Waals surface area contributed by atoms with Gasteiger partial charge < -0.3 is 10.1 Å². The van der Waals surface area contributed by atoms with Crippen LogP contribution in [0.1, 0.15) is 5.56 Å². The summed E-state index contributed by atoms with van der Waals surface area (Å²) in [5.74, 6) is 0.654. The van der Waals surface area contributed by atoms with Gasteiger partial charge >= 0.3 is 0 Å². The van der Waals surface area contributed by atoms with Crippen molar-refractivity contribution in [3.05, 3.63) is 42.1 Å². The van der Waals surface area contributed by atoms with Gasteiger partial charge in [-0.05, 0) is 41.3 Å². The normalized spacial score (nSPS) is 13.0. The van der Waals surface area contributed by atoms with Crippen LogP contribution < -0.4 is 10.1 Å². The topological polar surface area (TPSA) is 34.1 Å². The van der Waals surface area contributed by atoms with Crippen LogP contribution >= 0.6 is 0 Å². The lowest BCUT2D eigenvalue weighted by Crippen LogP contribution is -1.90. The largest absolute Gasteiger partial charge is 0.481 e. The first kappa shape index (κ1) is 10.1. The van der Waals surface area contributed by atoms with Crippen molar-refractivity contribution in [1.82, 2.24) is 4.98 Å². The van der Waals surface area contributed by atoms with Crippen LogP contribution in [0.15, 0.2) is 36.5 Å². The lowest BCUT2D eigenvalue weighted by atomic mass is 10.0. The van der Waals surface area contributed by atoms with Gasteiger partial charge in [0.05, 0.1) is 7.11 Å². The lowest BCUT2D eigenvalue weighted by Gasteiger charge is -2.06. The van der Waals surface area contributed by atoms with E-state index in [1.54, 1.807) is 13.3 Å². The number of rotatable bonds is 2. The van der Waals surface area contributed by atoms with Crippen LogP contribution in [0.2, 0.25) is 0 Å². The Balaban J connectivity index is 2.03. The molecule has 1 aliphatic rings. The monoisotopic (exact) mass is 226 g/mol. The number of anilines is 1. The van der Waals surface area contributed by atoms with Gasteiger partial charge in [0.2, 0.25) is 5.88 Å². The summed E-state index contributed by atoms with van der Waals surface area (Å²) in [7, 11) is 1.64. The minimum absolute atomic E-state index is 0.654. The molecule has 2 heterocycles. The molecule has 0 radical (unpaired) electrons. The molecule has 0 saturated heterocycles. The molecule has 1 aromatic heterocycles. The van der Waals surface area contributed by atoms with Crippen LogP contribution in [-0.2, 0) is 6.42 Å². The van der Waals surface area contributed by atoms with Crippen LogP contribution in [0.5, 0.6) is 5.88 Å². The highest BCUT2D eigenvalue weighted by atomic mass is 16.5. The number of pyridine rings is 1. The Morgan fingerprint density at radius 2 is 2.06 bits per heavy atom. The molecule has 3 heteroatoms. The second kappa shape index (κ2) is 4.09. The Kier molecular flexibility index (Phi) is 2.44. The van der Waals surface area contributed by atoms with E-state index < -0.39 is 0 Å². The minimum atomic E-state index is 0.654. The maximum absolute atomic E-state index is 5.15. The molecule has 0 amide bonds. The fraction of sp³-hybridized carbons (Fsp3) is 0.214. The minimum Gasteiger partial charge on any atom is -0.481 e. The van der Waals surface area contributed by atoms with E-state index in [0.29, 0.717) is 5.88 Å². The number of nitrogens with one attached hydrogen (secondary N) is 1. The highest BCUT2D eigenvalue weighted by Crippen LogP contribution is 2.29. The maximum atomic E-state index is 5.15. The number of benzene rings is 1. The van der Waals surface area contributed by atoms with E-state index in [0.717, 1.165) is 18.5 Å². The van der Waals surface area contributed by atoms with E-state index >= 15 is 0 Å². The summed E-state index contributed by atoms with van der Waals surface area (Å²) < 4.78 is 5.15. The molecule has 0 bridgehead atoms. The van der Waals surface area contributed by atoms with Crippen molar-refractivity contribution >= 4 is 5.69 Å². The quantitative estimate of drug-likeness (QED) is 0.855. The summed E-state index contributed by atoms with van der Waals surface area (Å²) in [5, 5.41) is 3.36. The molecule has 0 saturated carbocycles. The summed E-state index contributed by atoms with van der Waals surface area (Å²) in [4.78, 5) is 4.12. The third-order valence-corrected chi connectivity index (χ3v) is 3.09. The smallest absolute Gasteiger partial charge is 0.213 e. The van der Waals surface area contributed by atoms with Crippen LogP contribution in [0.3, 0.4) is 0 Å². The van der Waals surface area contributed by atoms with Gasteiger partial charge in [0.1, 0.15) is 0 Å². The van der Waals surface area contributed by atoms with Crippen molar-refractivity contribution in [2.75, 3.05) is 19.0 Å². The highest BCUT2D eigenvalue weighted by molar-refractivity contribution is 5.70. The average Bonchev–Trinajstić information content (AvgIpc) is 2.86. The van der Waals surface area contributed by atoms with Crippen molar-refractivity contribution in [2.45, 2.75) is 6.42 Å². The molecule has 3 nitrogen and oxygen atoms in total. The second-order valence-corrected chi connectivity index (χ2v) is 4.14. The standard InChI is InChI=1S/C14H14N2O/c1-17-14-9-11(4-7-16-14)10-2-3-13-12(8-10)5-6-15-13/h2-4,7-9,15H,5-6H2,1H3. The van der Waals surface area contributed by atoms with Crippen molar-refractivity contribution in [3.8, 4) is 17.0 Å². The van der Waals surface area contributed by atoms with Crippen LogP contribution in [-0.4, -0.2) is 18.6 Å². The number of ether oxygens (including phenoxy) is 1. The Labute approximate surface area is 100 Å². The van der Waals surface area contributed by atoms with Crippen molar-refractivity contribution < 1.29 is 4.74 Å². The van der Waals surface area contributed by atoms with E-state index in [9.17, 15) is 0 Å². The molecule has 0 spiro atoms. The number of hydrogen-bond acceptors (Lipinski definition) is 3. The molecule has 0 fully saturated rings. The molecule has 1 aliphatic heterocycles. The van der Waals surface area contributed by atoms with E-state index in [1.165, 1.54) is 16.8 Å².